The quantitative estimate of drug-likeness (QED) is 0.801. The normalized spacial score (nSPS) is 38.4. The highest BCUT2D eigenvalue weighted by molar-refractivity contribution is 5.08. The van der Waals surface area contributed by atoms with E-state index < -0.39 is 0 Å². The van der Waals surface area contributed by atoms with Gasteiger partial charge in [-0.05, 0) is 52.4 Å². The molecule has 0 aromatic carbocycles. The van der Waals surface area contributed by atoms with Gasteiger partial charge in [-0.2, -0.15) is 0 Å². The number of piperazine rings is 1. The molecule has 3 nitrogen and oxygen atoms in total. The third-order valence-electron chi connectivity index (χ3n) is 5.58. The first-order chi connectivity index (χ1) is 8.95. The Hall–Kier alpha value is -0.120. The lowest BCUT2D eigenvalue weighted by molar-refractivity contribution is -0.0241. The Morgan fingerprint density at radius 3 is 2.58 bits per heavy atom. The Morgan fingerprint density at radius 1 is 1.37 bits per heavy atom. The van der Waals surface area contributed by atoms with Crippen molar-refractivity contribution in [1.82, 2.24) is 10.2 Å². The summed E-state index contributed by atoms with van der Waals surface area (Å²) in [6, 6.07) is 0.602. The lowest BCUT2D eigenvalue weighted by Gasteiger charge is -2.55. The molecule has 0 aromatic heterocycles. The minimum Gasteiger partial charge on any atom is -0.385 e. The van der Waals surface area contributed by atoms with Crippen LogP contribution in [0.2, 0.25) is 0 Å². The van der Waals surface area contributed by atoms with Gasteiger partial charge in [0.05, 0.1) is 0 Å². The predicted molar refractivity (Wildman–Crippen MR) is 80.5 cm³/mol. The maximum Gasteiger partial charge on any atom is 0.0477 e. The average molecular weight is 268 g/mol. The van der Waals surface area contributed by atoms with Crippen LogP contribution in [0.1, 0.15) is 53.4 Å². The van der Waals surface area contributed by atoms with Crippen molar-refractivity contribution in [2.75, 3.05) is 26.8 Å². The van der Waals surface area contributed by atoms with Gasteiger partial charge in [-0.25, -0.2) is 0 Å². The van der Waals surface area contributed by atoms with Crippen molar-refractivity contribution in [2.45, 2.75) is 70.5 Å². The maximum atomic E-state index is 5.27. The molecule has 1 heterocycles. The van der Waals surface area contributed by atoms with Crippen LogP contribution in [-0.2, 0) is 4.74 Å². The van der Waals surface area contributed by atoms with Crippen molar-refractivity contribution in [3.8, 4) is 0 Å². The van der Waals surface area contributed by atoms with Crippen LogP contribution in [0.5, 0.6) is 0 Å². The Balaban J connectivity index is 2.08. The van der Waals surface area contributed by atoms with E-state index in [9.17, 15) is 0 Å². The maximum absolute atomic E-state index is 5.27. The van der Waals surface area contributed by atoms with Crippen molar-refractivity contribution in [2.24, 2.45) is 5.92 Å². The van der Waals surface area contributed by atoms with E-state index >= 15 is 0 Å². The largest absolute Gasteiger partial charge is 0.385 e. The van der Waals surface area contributed by atoms with Gasteiger partial charge >= 0.3 is 0 Å². The van der Waals surface area contributed by atoms with Crippen LogP contribution in [0.15, 0.2) is 0 Å². The van der Waals surface area contributed by atoms with Gasteiger partial charge in [0.25, 0.3) is 0 Å². The summed E-state index contributed by atoms with van der Waals surface area (Å²) in [6.45, 7) is 12.7. The molecule has 2 rings (SSSR count). The molecular weight excluding hydrogens is 236 g/mol. The highest BCUT2D eigenvalue weighted by Crippen LogP contribution is 2.43. The average Bonchev–Trinajstić information content (AvgIpc) is 3.24. The topological polar surface area (TPSA) is 24.5 Å². The molecule has 1 saturated carbocycles. The number of methoxy groups -OCH3 is 1. The van der Waals surface area contributed by atoms with Crippen LogP contribution in [0.3, 0.4) is 0 Å². The third kappa shape index (κ3) is 3.14. The fourth-order valence-corrected chi connectivity index (χ4v) is 3.55. The van der Waals surface area contributed by atoms with Crippen molar-refractivity contribution >= 4 is 0 Å². The SMILES string of the molecule is CCC1(C)CNC(C)(C2CC2)CN1C(C)CCOC. The molecule has 1 aliphatic heterocycles. The highest BCUT2D eigenvalue weighted by atomic mass is 16.5. The summed E-state index contributed by atoms with van der Waals surface area (Å²) in [6.07, 6.45) is 5.16. The molecule has 1 N–H and O–H groups in total. The van der Waals surface area contributed by atoms with Gasteiger partial charge in [0.1, 0.15) is 0 Å². The summed E-state index contributed by atoms with van der Waals surface area (Å²) in [4.78, 5) is 2.75. The monoisotopic (exact) mass is 268 g/mol. The van der Waals surface area contributed by atoms with E-state index in [-0.39, 0.29) is 0 Å². The molecule has 0 amide bonds. The molecule has 1 aliphatic carbocycles. The Kier molecular flexibility index (Phi) is 4.59. The molecule has 0 bridgehead atoms. The Bertz CT molecular complexity index is 305. The van der Waals surface area contributed by atoms with Crippen LogP contribution >= 0.6 is 0 Å². The predicted octanol–water partition coefficient (Wildman–Crippen LogP) is 2.65. The van der Waals surface area contributed by atoms with E-state index in [1.165, 1.54) is 25.8 Å². The fourth-order valence-electron chi connectivity index (χ4n) is 3.55. The van der Waals surface area contributed by atoms with Crippen LogP contribution in [0.4, 0.5) is 0 Å². The van der Waals surface area contributed by atoms with Gasteiger partial charge in [-0.3, -0.25) is 4.90 Å². The number of rotatable bonds is 6. The molecular formula is C16H32N2O. The molecule has 3 heteroatoms. The van der Waals surface area contributed by atoms with E-state index in [4.69, 9.17) is 4.74 Å². The van der Waals surface area contributed by atoms with Crippen molar-refractivity contribution in [1.29, 1.82) is 0 Å². The second-order valence-corrected chi connectivity index (χ2v) is 7.15. The molecule has 2 fully saturated rings. The molecule has 1 saturated heterocycles. The summed E-state index contributed by atoms with van der Waals surface area (Å²) in [5, 5.41) is 3.87. The Morgan fingerprint density at radius 2 is 2.05 bits per heavy atom. The zero-order valence-electron chi connectivity index (χ0n) is 13.5. The summed E-state index contributed by atoms with van der Waals surface area (Å²) in [5.41, 5.74) is 0.623. The van der Waals surface area contributed by atoms with E-state index in [0.717, 1.165) is 25.5 Å². The molecule has 3 unspecified atom stereocenters. The van der Waals surface area contributed by atoms with Gasteiger partial charge in [-0.15, -0.1) is 0 Å². The fraction of sp³-hybridized carbons (Fsp3) is 1.00. The lowest BCUT2D eigenvalue weighted by Crippen LogP contribution is -2.70. The second-order valence-electron chi connectivity index (χ2n) is 7.15. The third-order valence-corrected chi connectivity index (χ3v) is 5.58. The van der Waals surface area contributed by atoms with Gasteiger partial charge in [-0.1, -0.05) is 6.92 Å². The van der Waals surface area contributed by atoms with Crippen LogP contribution in [0, 0.1) is 5.92 Å². The van der Waals surface area contributed by atoms with Crippen LogP contribution in [-0.4, -0.2) is 48.8 Å². The van der Waals surface area contributed by atoms with Crippen LogP contribution in [0.25, 0.3) is 0 Å². The van der Waals surface area contributed by atoms with Crippen molar-refractivity contribution in [3.63, 3.8) is 0 Å². The van der Waals surface area contributed by atoms with Gasteiger partial charge in [0.2, 0.25) is 0 Å². The first-order valence-corrected chi connectivity index (χ1v) is 7.96. The van der Waals surface area contributed by atoms with E-state index in [2.05, 4.69) is 37.9 Å². The highest BCUT2D eigenvalue weighted by Gasteiger charge is 2.49. The first-order valence-electron chi connectivity index (χ1n) is 7.96. The van der Waals surface area contributed by atoms with E-state index in [0.29, 0.717) is 17.1 Å². The van der Waals surface area contributed by atoms with Gasteiger partial charge in [0.15, 0.2) is 0 Å². The molecule has 0 spiro atoms. The van der Waals surface area contributed by atoms with Gasteiger partial charge in [0, 0.05) is 43.9 Å². The van der Waals surface area contributed by atoms with Crippen molar-refractivity contribution in [3.05, 3.63) is 0 Å². The van der Waals surface area contributed by atoms with Crippen molar-refractivity contribution < 1.29 is 4.74 Å². The summed E-state index contributed by atoms with van der Waals surface area (Å²) in [5.74, 6) is 0.894. The first kappa shape index (κ1) is 15.3. The molecule has 0 aromatic rings. The standard InChI is InChI=1S/C16H32N2O/c1-6-15(3)11-17-16(4,14-7-8-14)12-18(15)13(2)9-10-19-5/h13-14,17H,6-12H2,1-5H3. The number of ether oxygens (including phenoxy) is 1. The number of nitrogens with one attached hydrogen (secondary N) is 1. The molecule has 3 atom stereocenters. The molecule has 19 heavy (non-hydrogen) atoms. The smallest absolute Gasteiger partial charge is 0.0477 e. The zero-order valence-corrected chi connectivity index (χ0v) is 13.5. The molecule has 112 valence electrons. The van der Waals surface area contributed by atoms with E-state index in [1.54, 1.807) is 7.11 Å². The minimum absolute atomic E-state index is 0.293. The molecule has 2 aliphatic rings. The number of hydrogen-bond donors (Lipinski definition) is 1. The Labute approximate surface area is 119 Å². The molecule has 0 radical (unpaired) electrons. The summed E-state index contributed by atoms with van der Waals surface area (Å²) in [7, 11) is 1.80. The minimum atomic E-state index is 0.293. The zero-order chi connectivity index (χ0) is 14.1. The lowest BCUT2D eigenvalue weighted by atomic mass is 9.83. The second kappa shape index (κ2) is 5.71. The van der Waals surface area contributed by atoms with Crippen LogP contribution < -0.4 is 5.32 Å². The number of nitrogens with zero attached hydrogens (tertiary/aromatic N) is 1. The summed E-state index contributed by atoms with van der Waals surface area (Å²) < 4.78 is 5.27. The number of hydrogen-bond acceptors (Lipinski definition) is 3. The summed E-state index contributed by atoms with van der Waals surface area (Å²) >= 11 is 0. The van der Waals surface area contributed by atoms with Gasteiger partial charge < -0.3 is 10.1 Å². The van der Waals surface area contributed by atoms with E-state index in [1.807, 2.05) is 0 Å².